The number of hydrogen-bond donors (Lipinski definition) is 1. The van der Waals surface area contributed by atoms with Gasteiger partial charge in [0.05, 0.1) is 13.2 Å². The van der Waals surface area contributed by atoms with Gasteiger partial charge in [0.15, 0.2) is 0 Å². The van der Waals surface area contributed by atoms with Gasteiger partial charge in [-0.05, 0) is 38.1 Å². The van der Waals surface area contributed by atoms with Crippen molar-refractivity contribution in [3.63, 3.8) is 0 Å². The zero-order chi connectivity index (χ0) is 15.2. The second-order valence-corrected chi connectivity index (χ2v) is 6.58. The van der Waals surface area contributed by atoms with Crippen LogP contribution in [0.5, 0.6) is 5.75 Å². The minimum atomic E-state index is -3.62. The first-order valence-corrected chi connectivity index (χ1v) is 7.85. The lowest BCUT2D eigenvalue weighted by Crippen LogP contribution is -2.43. The normalized spacial score (nSPS) is 14.6. The van der Waals surface area contributed by atoms with Crippen LogP contribution in [0.25, 0.3) is 0 Å². The summed E-state index contributed by atoms with van der Waals surface area (Å²) in [4.78, 5) is 10.6. The quantitative estimate of drug-likeness (QED) is 0.451. The third kappa shape index (κ3) is 3.90. The Labute approximate surface area is 118 Å². The third-order valence-electron chi connectivity index (χ3n) is 2.48. The second-order valence-electron chi connectivity index (χ2n) is 4.18. The molecule has 1 aromatic carbocycles. The van der Waals surface area contributed by atoms with E-state index in [4.69, 9.17) is 19.5 Å². The highest BCUT2D eigenvalue weighted by molar-refractivity contribution is 7.55. The number of benzene rings is 1. The van der Waals surface area contributed by atoms with Crippen LogP contribution in [-0.4, -0.2) is 25.0 Å². The fraction of sp³-hybridized carbons (Fsp3) is 0.462. The Bertz CT molecular complexity index is 476. The lowest BCUT2D eigenvalue weighted by molar-refractivity contribution is 0.105. The van der Waals surface area contributed by atoms with Gasteiger partial charge in [-0.25, -0.2) is 0 Å². The summed E-state index contributed by atoms with van der Waals surface area (Å²) in [5.74, 6) is 0.375. The van der Waals surface area contributed by atoms with Crippen molar-refractivity contribution < 1.29 is 23.1 Å². The van der Waals surface area contributed by atoms with Gasteiger partial charge in [-0.1, -0.05) is 0 Å². The molecule has 0 heterocycles. The Morgan fingerprint density at radius 1 is 1.20 bits per heavy atom. The van der Waals surface area contributed by atoms with Crippen molar-refractivity contribution in [1.29, 1.82) is 0 Å². The van der Waals surface area contributed by atoms with Gasteiger partial charge in [0.25, 0.3) is 5.47 Å². The van der Waals surface area contributed by atoms with Crippen molar-refractivity contribution >= 4 is 13.9 Å². The molecule has 1 atom stereocenters. The molecule has 112 valence electrons. The Balaban J connectivity index is 2.95. The molecule has 0 saturated carbocycles. The fourth-order valence-electron chi connectivity index (χ4n) is 1.54. The number of carbonyl (C=O) groups is 1. The predicted molar refractivity (Wildman–Crippen MR) is 75.9 cm³/mol. The van der Waals surface area contributed by atoms with Gasteiger partial charge in [0.1, 0.15) is 12.0 Å². The van der Waals surface area contributed by atoms with Crippen molar-refractivity contribution in [3.8, 4) is 5.75 Å². The van der Waals surface area contributed by atoms with E-state index >= 15 is 0 Å². The van der Waals surface area contributed by atoms with Crippen molar-refractivity contribution in [1.82, 2.24) is 0 Å². The van der Waals surface area contributed by atoms with E-state index < -0.39 is 13.1 Å². The van der Waals surface area contributed by atoms with E-state index in [1.807, 2.05) is 0 Å². The first-order chi connectivity index (χ1) is 9.38. The van der Waals surface area contributed by atoms with Gasteiger partial charge in [0.2, 0.25) is 0 Å². The molecule has 2 N–H and O–H groups in total. The molecular formula is C13H20NO5P. The van der Waals surface area contributed by atoms with Crippen LogP contribution in [-0.2, 0) is 13.6 Å². The smallest absolute Gasteiger partial charge is 0.388 e. The van der Waals surface area contributed by atoms with Crippen LogP contribution < -0.4 is 10.5 Å². The average molecular weight is 301 g/mol. The standard InChI is InChI=1S/C13H20NO5P/c1-4-17-20(16,18-5-2)13(3,14)19-12-8-6-11(10-15)7-9-12/h6-10H,4-5,14H2,1-3H3/t13-/m0/s1. The number of aldehydes is 1. The summed E-state index contributed by atoms with van der Waals surface area (Å²) in [5, 5.41) is 0. The molecule has 7 heteroatoms. The van der Waals surface area contributed by atoms with Crippen LogP contribution in [0.3, 0.4) is 0 Å². The molecule has 0 bridgehead atoms. The van der Waals surface area contributed by atoms with E-state index in [9.17, 15) is 9.36 Å². The Morgan fingerprint density at radius 3 is 2.10 bits per heavy atom. The van der Waals surface area contributed by atoms with Crippen molar-refractivity contribution in [2.24, 2.45) is 5.73 Å². The summed E-state index contributed by atoms with van der Waals surface area (Å²) in [6.07, 6.45) is 0.719. The van der Waals surface area contributed by atoms with E-state index in [1.165, 1.54) is 6.92 Å². The van der Waals surface area contributed by atoms with Crippen LogP contribution in [0, 0.1) is 0 Å². The number of hydrogen-bond acceptors (Lipinski definition) is 6. The number of carbonyl (C=O) groups excluding carboxylic acids is 1. The molecular weight excluding hydrogens is 281 g/mol. The molecule has 0 saturated heterocycles. The Morgan fingerprint density at radius 2 is 1.70 bits per heavy atom. The van der Waals surface area contributed by atoms with Crippen LogP contribution in [0.4, 0.5) is 0 Å². The molecule has 1 aromatic rings. The minimum absolute atomic E-state index is 0.192. The lowest BCUT2D eigenvalue weighted by Gasteiger charge is -2.32. The third-order valence-corrected chi connectivity index (χ3v) is 4.86. The van der Waals surface area contributed by atoms with E-state index in [1.54, 1.807) is 38.1 Å². The van der Waals surface area contributed by atoms with Crippen LogP contribution in [0.15, 0.2) is 24.3 Å². The Hall–Kier alpha value is -1.20. The van der Waals surface area contributed by atoms with E-state index in [2.05, 4.69) is 0 Å². The molecule has 20 heavy (non-hydrogen) atoms. The first kappa shape index (κ1) is 16.9. The summed E-state index contributed by atoms with van der Waals surface area (Å²) < 4.78 is 28.5. The fourth-order valence-corrected chi connectivity index (χ4v) is 3.03. The second kappa shape index (κ2) is 6.99. The zero-order valence-electron chi connectivity index (χ0n) is 11.9. The van der Waals surface area contributed by atoms with Gasteiger partial charge in [-0.2, -0.15) is 0 Å². The molecule has 0 aliphatic rings. The number of ether oxygens (including phenoxy) is 1. The molecule has 0 amide bonds. The maximum Gasteiger partial charge on any atom is 0.388 e. The highest BCUT2D eigenvalue weighted by atomic mass is 31.2. The molecule has 6 nitrogen and oxygen atoms in total. The maximum absolute atomic E-state index is 12.6. The summed E-state index contributed by atoms with van der Waals surface area (Å²) in [7, 11) is -3.62. The van der Waals surface area contributed by atoms with Crippen molar-refractivity contribution in [2.75, 3.05) is 13.2 Å². The van der Waals surface area contributed by atoms with Crippen LogP contribution in [0.1, 0.15) is 31.1 Å². The van der Waals surface area contributed by atoms with E-state index in [-0.39, 0.29) is 13.2 Å². The molecule has 0 aromatic heterocycles. The maximum atomic E-state index is 12.6. The molecule has 0 aliphatic carbocycles. The largest absolute Gasteiger partial charge is 0.461 e. The summed E-state index contributed by atoms with van der Waals surface area (Å²) in [6.45, 7) is 5.21. The van der Waals surface area contributed by atoms with Crippen LogP contribution in [0.2, 0.25) is 0 Å². The average Bonchev–Trinajstić information content (AvgIpc) is 2.39. The van der Waals surface area contributed by atoms with Gasteiger partial charge in [-0.3, -0.25) is 15.1 Å². The molecule has 1 rings (SSSR count). The lowest BCUT2D eigenvalue weighted by atomic mass is 10.2. The van der Waals surface area contributed by atoms with Crippen molar-refractivity contribution in [2.45, 2.75) is 26.2 Å². The van der Waals surface area contributed by atoms with Gasteiger partial charge in [0, 0.05) is 12.5 Å². The summed E-state index contributed by atoms with van der Waals surface area (Å²) in [5.41, 5.74) is 4.85. The highest BCUT2D eigenvalue weighted by Gasteiger charge is 2.46. The molecule has 0 spiro atoms. The Kier molecular flexibility index (Phi) is 5.89. The molecule has 0 unspecified atom stereocenters. The minimum Gasteiger partial charge on any atom is -0.461 e. The van der Waals surface area contributed by atoms with E-state index in [0.717, 1.165) is 6.29 Å². The molecule has 0 aliphatic heterocycles. The SMILES string of the molecule is CCOP(=O)(OCC)[C@@](C)(N)Oc1ccc(C=O)cc1. The molecule has 0 radical (unpaired) electrons. The van der Waals surface area contributed by atoms with Gasteiger partial charge in [-0.15, -0.1) is 0 Å². The molecule has 0 fully saturated rings. The summed E-state index contributed by atoms with van der Waals surface area (Å²) in [6, 6.07) is 6.28. The number of nitrogens with two attached hydrogens (primary N) is 1. The zero-order valence-corrected chi connectivity index (χ0v) is 12.8. The van der Waals surface area contributed by atoms with Gasteiger partial charge >= 0.3 is 7.60 Å². The monoisotopic (exact) mass is 301 g/mol. The van der Waals surface area contributed by atoms with E-state index in [0.29, 0.717) is 11.3 Å². The highest BCUT2D eigenvalue weighted by Crippen LogP contribution is 2.57. The van der Waals surface area contributed by atoms with Crippen molar-refractivity contribution in [3.05, 3.63) is 29.8 Å². The number of rotatable bonds is 8. The first-order valence-electron chi connectivity index (χ1n) is 6.31. The summed E-state index contributed by atoms with van der Waals surface area (Å²) >= 11 is 0. The predicted octanol–water partition coefficient (Wildman–Crippen LogP) is 2.78. The van der Waals surface area contributed by atoms with Crippen LogP contribution >= 0.6 is 7.60 Å². The topological polar surface area (TPSA) is 87.8 Å². The van der Waals surface area contributed by atoms with Gasteiger partial charge < -0.3 is 13.8 Å².